The molecule has 0 radical (unpaired) electrons. The van der Waals surface area contributed by atoms with E-state index < -0.39 is 0 Å². The van der Waals surface area contributed by atoms with Gasteiger partial charge in [-0.25, -0.2) is 9.97 Å². The molecule has 3 rings (SSSR count). The largest absolute Gasteiger partial charge is 0.356 e. The van der Waals surface area contributed by atoms with Gasteiger partial charge in [-0.15, -0.1) is 0 Å². The molecule has 0 unspecified atom stereocenters. The Morgan fingerprint density at radius 3 is 1.60 bits per heavy atom. The molecule has 0 atom stereocenters. The molecule has 0 spiro atoms. The van der Waals surface area contributed by atoms with Crippen molar-refractivity contribution >= 4 is 11.6 Å². The van der Waals surface area contributed by atoms with Gasteiger partial charge in [0.05, 0.1) is 0 Å². The van der Waals surface area contributed by atoms with Crippen LogP contribution in [0.25, 0.3) is 0 Å². The van der Waals surface area contributed by atoms with Gasteiger partial charge in [0.15, 0.2) is 0 Å². The highest BCUT2D eigenvalue weighted by Crippen LogP contribution is 2.26. The van der Waals surface area contributed by atoms with Gasteiger partial charge in [0.1, 0.15) is 18.0 Å². The molecule has 2 aliphatic rings. The molecular weight excluding hydrogens is 248 g/mol. The van der Waals surface area contributed by atoms with Crippen molar-refractivity contribution in [1.82, 2.24) is 9.97 Å². The number of rotatable bonds is 2. The van der Waals surface area contributed by atoms with Gasteiger partial charge in [-0.1, -0.05) is 13.8 Å². The van der Waals surface area contributed by atoms with E-state index in [1.807, 2.05) is 0 Å². The summed E-state index contributed by atoms with van der Waals surface area (Å²) in [6, 6.07) is 2.19. The fourth-order valence-electron chi connectivity index (χ4n) is 3.16. The summed E-state index contributed by atoms with van der Waals surface area (Å²) in [5.41, 5.74) is 0. The Kier molecular flexibility index (Phi) is 4.08. The van der Waals surface area contributed by atoms with Crippen molar-refractivity contribution < 1.29 is 0 Å². The average Bonchev–Trinajstić information content (AvgIpc) is 2.49. The predicted molar refractivity (Wildman–Crippen MR) is 83.3 cm³/mol. The summed E-state index contributed by atoms with van der Waals surface area (Å²) in [6.45, 7) is 9.22. The molecule has 0 amide bonds. The number of hydrogen-bond donors (Lipinski definition) is 0. The molecule has 1 aromatic rings. The minimum atomic E-state index is 0.858. The lowest BCUT2D eigenvalue weighted by Gasteiger charge is -2.33. The first-order valence-electron chi connectivity index (χ1n) is 8.04. The van der Waals surface area contributed by atoms with Crippen molar-refractivity contribution in [2.45, 2.75) is 39.5 Å². The number of hydrogen-bond acceptors (Lipinski definition) is 4. The second-order valence-electron chi connectivity index (χ2n) is 6.57. The van der Waals surface area contributed by atoms with E-state index in [0.717, 1.165) is 49.7 Å². The van der Waals surface area contributed by atoms with Crippen LogP contribution in [0.3, 0.4) is 0 Å². The molecule has 2 saturated heterocycles. The number of nitrogens with zero attached hydrogens (tertiary/aromatic N) is 4. The van der Waals surface area contributed by atoms with Crippen LogP contribution in [0.1, 0.15) is 39.5 Å². The highest BCUT2D eigenvalue weighted by atomic mass is 15.2. The third-order valence-electron chi connectivity index (χ3n) is 4.85. The molecule has 4 heteroatoms. The molecule has 3 heterocycles. The van der Waals surface area contributed by atoms with Crippen molar-refractivity contribution in [3.05, 3.63) is 12.4 Å². The first-order valence-corrected chi connectivity index (χ1v) is 8.04. The zero-order chi connectivity index (χ0) is 13.9. The van der Waals surface area contributed by atoms with Crippen molar-refractivity contribution in [2.75, 3.05) is 36.0 Å². The Morgan fingerprint density at radius 2 is 1.20 bits per heavy atom. The van der Waals surface area contributed by atoms with Crippen molar-refractivity contribution in [2.24, 2.45) is 11.8 Å². The van der Waals surface area contributed by atoms with Gasteiger partial charge in [0, 0.05) is 32.2 Å². The third kappa shape index (κ3) is 3.05. The Balaban J connectivity index is 1.69. The van der Waals surface area contributed by atoms with Gasteiger partial charge in [-0.05, 0) is 37.5 Å². The van der Waals surface area contributed by atoms with Crippen LogP contribution in [0, 0.1) is 11.8 Å². The van der Waals surface area contributed by atoms with Gasteiger partial charge in [-0.2, -0.15) is 0 Å². The Morgan fingerprint density at radius 1 is 0.800 bits per heavy atom. The fourth-order valence-corrected chi connectivity index (χ4v) is 3.16. The average molecular weight is 274 g/mol. The topological polar surface area (TPSA) is 32.3 Å². The maximum Gasteiger partial charge on any atom is 0.134 e. The molecule has 0 saturated carbocycles. The Labute approximate surface area is 122 Å². The van der Waals surface area contributed by atoms with Crippen LogP contribution in [0.2, 0.25) is 0 Å². The highest BCUT2D eigenvalue weighted by Gasteiger charge is 2.20. The summed E-state index contributed by atoms with van der Waals surface area (Å²) in [5.74, 6) is 3.94. The minimum absolute atomic E-state index is 0.858. The van der Waals surface area contributed by atoms with E-state index in [0.29, 0.717) is 0 Å². The van der Waals surface area contributed by atoms with Crippen LogP contribution >= 0.6 is 0 Å². The summed E-state index contributed by atoms with van der Waals surface area (Å²) in [6.07, 6.45) is 6.85. The van der Waals surface area contributed by atoms with E-state index in [1.165, 1.54) is 25.7 Å². The van der Waals surface area contributed by atoms with E-state index in [4.69, 9.17) is 0 Å². The fraction of sp³-hybridized carbons (Fsp3) is 0.750. The number of piperidine rings is 2. The lowest BCUT2D eigenvalue weighted by molar-refractivity contribution is 0.433. The molecule has 0 aromatic carbocycles. The molecule has 110 valence electrons. The van der Waals surface area contributed by atoms with Crippen molar-refractivity contribution in [3.8, 4) is 0 Å². The van der Waals surface area contributed by atoms with Gasteiger partial charge >= 0.3 is 0 Å². The highest BCUT2D eigenvalue weighted by molar-refractivity contribution is 5.50. The molecule has 20 heavy (non-hydrogen) atoms. The maximum atomic E-state index is 4.49. The Bertz CT molecular complexity index is 395. The van der Waals surface area contributed by atoms with Crippen LogP contribution in [0.5, 0.6) is 0 Å². The van der Waals surface area contributed by atoms with Crippen LogP contribution < -0.4 is 9.80 Å². The third-order valence-corrected chi connectivity index (χ3v) is 4.85. The van der Waals surface area contributed by atoms with Crippen molar-refractivity contribution in [1.29, 1.82) is 0 Å². The van der Waals surface area contributed by atoms with Gasteiger partial charge in [-0.3, -0.25) is 0 Å². The smallest absolute Gasteiger partial charge is 0.134 e. The number of aromatic nitrogens is 2. The lowest BCUT2D eigenvalue weighted by atomic mass is 9.99. The molecule has 2 fully saturated rings. The van der Waals surface area contributed by atoms with Gasteiger partial charge in [0.2, 0.25) is 0 Å². The van der Waals surface area contributed by atoms with Crippen molar-refractivity contribution in [3.63, 3.8) is 0 Å². The molecule has 0 aliphatic carbocycles. The SMILES string of the molecule is CC1CCN(c2cc(N3CCC(C)CC3)ncn2)CC1. The zero-order valence-electron chi connectivity index (χ0n) is 12.8. The maximum absolute atomic E-state index is 4.49. The van der Waals surface area contributed by atoms with Gasteiger partial charge < -0.3 is 9.80 Å². The predicted octanol–water partition coefficient (Wildman–Crippen LogP) is 2.95. The normalized spacial score (nSPS) is 22.3. The minimum Gasteiger partial charge on any atom is -0.356 e. The second-order valence-corrected chi connectivity index (χ2v) is 6.57. The van der Waals surface area contributed by atoms with Crippen LogP contribution in [0.15, 0.2) is 12.4 Å². The molecular formula is C16H26N4. The Hall–Kier alpha value is -1.32. The molecule has 1 aromatic heterocycles. The monoisotopic (exact) mass is 274 g/mol. The van der Waals surface area contributed by atoms with E-state index >= 15 is 0 Å². The van der Waals surface area contributed by atoms with E-state index in [-0.39, 0.29) is 0 Å². The van der Waals surface area contributed by atoms with Crippen LogP contribution in [-0.2, 0) is 0 Å². The van der Waals surface area contributed by atoms with E-state index in [9.17, 15) is 0 Å². The van der Waals surface area contributed by atoms with Crippen LogP contribution in [-0.4, -0.2) is 36.1 Å². The summed E-state index contributed by atoms with van der Waals surface area (Å²) in [7, 11) is 0. The molecule has 0 bridgehead atoms. The van der Waals surface area contributed by atoms with Gasteiger partial charge in [0.25, 0.3) is 0 Å². The molecule has 0 N–H and O–H groups in total. The van der Waals surface area contributed by atoms with Crippen LogP contribution in [0.4, 0.5) is 11.6 Å². The zero-order valence-corrected chi connectivity index (χ0v) is 12.8. The lowest BCUT2D eigenvalue weighted by Crippen LogP contribution is -2.35. The standard InChI is InChI=1S/C16H26N4/c1-13-3-7-19(8-4-13)15-11-16(18-12-17-15)20-9-5-14(2)6-10-20/h11-14H,3-10H2,1-2H3. The second kappa shape index (κ2) is 5.98. The first-order chi connectivity index (χ1) is 9.72. The molecule has 2 aliphatic heterocycles. The summed E-state index contributed by atoms with van der Waals surface area (Å²) < 4.78 is 0. The molecule has 4 nitrogen and oxygen atoms in total. The summed E-state index contributed by atoms with van der Waals surface area (Å²) in [4.78, 5) is 13.8. The quantitative estimate of drug-likeness (QED) is 0.830. The summed E-state index contributed by atoms with van der Waals surface area (Å²) >= 11 is 0. The first kappa shape index (κ1) is 13.7. The van der Waals surface area contributed by atoms with E-state index in [1.54, 1.807) is 6.33 Å². The number of anilines is 2. The van der Waals surface area contributed by atoms with E-state index in [2.05, 4.69) is 39.7 Å². The summed E-state index contributed by atoms with van der Waals surface area (Å²) in [5, 5.41) is 0.